The smallest absolute Gasteiger partial charge is 0.191 e. The number of halogens is 1. The number of rotatable bonds is 13. The second-order valence-electron chi connectivity index (χ2n) is 7.05. The summed E-state index contributed by atoms with van der Waals surface area (Å²) in [4.78, 5) is 4.74. The molecule has 30 heavy (non-hydrogen) atoms. The molecule has 2 N–H and O–H groups in total. The second-order valence-corrected chi connectivity index (χ2v) is 7.05. The Morgan fingerprint density at radius 1 is 1.10 bits per heavy atom. The Bertz CT molecular complexity index is 610. The molecule has 0 radical (unpaired) electrons. The van der Waals surface area contributed by atoms with Crippen LogP contribution in [0.1, 0.15) is 44.6 Å². The summed E-state index contributed by atoms with van der Waals surface area (Å²) < 4.78 is 22.3. The highest BCUT2D eigenvalue weighted by Gasteiger charge is 2.20. The lowest BCUT2D eigenvalue weighted by Gasteiger charge is -2.19. The number of methoxy groups -OCH3 is 2. The molecule has 1 saturated carbocycles. The Labute approximate surface area is 198 Å². The van der Waals surface area contributed by atoms with Crippen LogP contribution in [0.15, 0.2) is 23.2 Å². The summed E-state index contributed by atoms with van der Waals surface area (Å²) in [5.74, 6) is 2.39. The number of aliphatic imine (C=N–C) groups is 1. The number of hydrogen-bond acceptors (Lipinski definition) is 5. The van der Waals surface area contributed by atoms with E-state index in [0.717, 1.165) is 55.4 Å². The molecule has 1 fully saturated rings. The van der Waals surface area contributed by atoms with Gasteiger partial charge in [-0.3, -0.25) is 0 Å². The minimum atomic E-state index is 0. The first-order chi connectivity index (χ1) is 14.3. The van der Waals surface area contributed by atoms with Gasteiger partial charge in [0.25, 0.3) is 0 Å². The predicted molar refractivity (Wildman–Crippen MR) is 131 cm³/mol. The van der Waals surface area contributed by atoms with Crippen LogP contribution < -0.4 is 20.1 Å². The molecule has 0 atom stereocenters. The third-order valence-electron chi connectivity index (χ3n) is 4.81. The maximum absolute atomic E-state index is 6.30. The van der Waals surface area contributed by atoms with E-state index in [-0.39, 0.29) is 30.1 Å². The van der Waals surface area contributed by atoms with Crippen molar-refractivity contribution in [2.45, 2.75) is 51.7 Å². The molecule has 0 aromatic heterocycles. The molecular weight excluding hydrogens is 497 g/mol. The van der Waals surface area contributed by atoms with Gasteiger partial charge < -0.3 is 29.6 Å². The highest BCUT2D eigenvalue weighted by Crippen LogP contribution is 2.35. The van der Waals surface area contributed by atoms with E-state index in [1.54, 1.807) is 14.2 Å². The van der Waals surface area contributed by atoms with Crippen LogP contribution in [-0.2, 0) is 16.0 Å². The van der Waals surface area contributed by atoms with Crippen molar-refractivity contribution in [2.75, 3.05) is 47.1 Å². The summed E-state index contributed by atoms with van der Waals surface area (Å²) in [6, 6.07) is 6.00. The number of hydrogen-bond donors (Lipinski definition) is 2. The van der Waals surface area contributed by atoms with Crippen molar-refractivity contribution >= 4 is 29.9 Å². The van der Waals surface area contributed by atoms with Crippen molar-refractivity contribution in [3.8, 4) is 11.5 Å². The van der Waals surface area contributed by atoms with Gasteiger partial charge in [0.1, 0.15) is 0 Å². The lowest BCUT2D eigenvalue weighted by molar-refractivity contribution is 0.0698. The van der Waals surface area contributed by atoms with Gasteiger partial charge in [0, 0.05) is 32.4 Å². The van der Waals surface area contributed by atoms with Crippen LogP contribution in [-0.4, -0.2) is 59.2 Å². The van der Waals surface area contributed by atoms with E-state index in [1.165, 1.54) is 12.8 Å². The fourth-order valence-electron chi connectivity index (χ4n) is 3.28. The largest absolute Gasteiger partial charge is 0.493 e. The van der Waals surface area contributed by atoms with E-state index in [0.29, 0.717) is 26.4 Å². The van der Waals surface area contributed by atoms with Crippen LogP contribution in [0.25, 0.3) is 0 Å². The van der Waals surface area contributed by atoms with E-state index in [1.807, 2.05) is 12.1 Å². The fraction of sp³-hybridized carbons (Fsp3) is 0.682. The molecule has 1 aromatic carbocycles. The number of ether oxygens (including phenoxy) is 4. The Balaban J connectivity index is 0.00000450. The quantitative estimate of drug-likeness (QED) is 0.174. The molecule has 0 aliphatic heterocycles. The van der Waals surface area contributed by atoms with Gasteiger partial charge in [0.05, 0.1) is 33.0 Å². The molecule has 0 saturated heterocycles. The van der Waals surface area contributed by atoms with Crippen molar-refractivity contribution in [3.63, 3.8) is 0 Å². The maximum Gasteiger partial charge on any atom is 0.191 e. The van der Waals surface area contributed by atoms with Crippen LogP contribution in [0, 0.1) is 0 Å². The summed E-state index contributed by atoms with van der Waals surface area (Å²) >= 11 is 0. The molecule has 7 nitrogen and oxygen atoms in total. The molecule has 8 heteroatoms. The Morgan fingerprint density at radius 3 is 2.60 bits per heavy atom. The third kappa shape index (κ3) is 9.70. The third-order valence-corrected chi connectivity index (χ3v) is 4.81. The zero-order valence-corrected chi connectivity index (χ0v) is 20.9. The maximum atomic E-state index is 6.30. The summed E-state index contributed by atoms with van der Waals surface area (Å²) in [6.07, 6.45) is 5.87. The average Bonchev–Trinajstić information content (AvgIpc) is 3.25. The van der Waals surface area contributed by atoms with Crippen molar-refractivity contribution in [1.82, 2.24) is 10.6 Å². The minimum absolute atomic E-state index is 0. The van der Waals surface area contributed by atoms with E-state index >= 15 is 0 Å². The first-order valence-corrected chi connectivity index (χ1v) is 10.7. The Morgan fingerprint density at radius 2 is 1.90 bits per heavy atom. The standard InChI is InChI=1S/C22H37N3O4.HI/c1-4-23-22(24-13-8-14-28-16-15-26-2)25-17-18-9-7-12-20(27-3)21(18)29-19-10-5-6-11-19;/h7,9,12,19H,4-6,8,10-11,13-17H2,1-3H3,(H2,23,24,25);1H. The van der Waals surface area contributed by atoms with Gasteiger partial charge in [0.2, 0.25) is 0 Å². The van der Waals surface area contributed by atoms with E-state index in [9.17, 15) is 0 Å². The first kappa shape index (κ1) is 26.8. The molecule has 0 bridgehead atoms. The summed E-state index contributed by atoms with van der Waals surface area (Å²) in [5.41, 5.74) is 1.04. The molecule has 172 valence electrons. The number of para-hydroxylation sites is 1. The van der Waals surface area contributed by atoms with Crippen molar-refractivity contribution < 1.29 is 18.9 Å². The van der Waals surface area contributed by atoms with Gasteiger partial charge in [-0.15, -0.1) is 24.0 Å². The van der Waals surface area contributed by atoms with Gasteiger partial charge in [-0.2, -0.15) is 0 Å². The molecule has 2 rings (SSSR count). The number of nitrogens with zero attached hydrogens (tertiary/aromatic N) is 1. The minimum Gasteiger partial charge on any atom is -0.493 e. The molecular formula is C22H38IN3O4. The van der Waals surface area contributed by atoms with E-state index in [2.05, 4.69) is 23.6 Å². The van der Waals surface area contributed by atoms with E-state index < -0.39 is 0 Å². The molecule has 1 aromatic rings. The fourth-order valence-corrected chi connectivity index (χ4v) is 3.28. The summed E-state index contributed by atoms with van der Waals surface area (Å²) in [7, 11) is 3.36. The zero-order valence-electron chi connectivity index (χ0n) is 18.6. The number of nitrogens with one attached hydrogen (secondary N) is 2. The average molecular weight is 535 g/mol. The van der Waals surface area contributed by atoms with Gasteiger partial charge in [-0.1, -0.05) is 12.1 Å². The van der Waals surface area contributed by atoms with Crippen LogP contribution >= 0.6 is 24.0 Å². The van der Waals surface area contributed by atoms with Crippen molar-refractivity contribution in [2.24, 2.45) is 4.99 Å². The molecule has 1 aliphatic rings. The number of benzene rings is 1. The normalized spacial score (nSPS) is 14.3. The Kier molecular flexibility index (Phi) is 14.7. The molecule has 1 aliphatic carbocycles. The van der Waals surface area contributed by atoms with Gasteiger partial charge in [-0.25, -0.2) is 4.99 Å². The van der Waals surface area contributed by atoms with Gasteiger partial charge >= 0.3 is 0 Å². The molecule has 0 heterocycles. The SMILES string of the molecule is CCNC(=NCc1cccc(OC)c1OC1CCCC1)NCCCOCCOC.I. The highest BCUT2D eigenvalue weighted by molar-refractivity contribution is 14.0. The molecule has 0 amide bonds. The molecule has 0 spiro atoms. The monoisotopic (exact) mass is 535 g/mol. The van der Waals surface area contributed by atoms with Crippen molar-refractivity contribution in [3.05, 3.63) is 23.8 Å². The van der Waals surface area contributed by atoms with Crippen LogP contribution in [0.3, 0.4) is 0 Å². The first-order valence-electron chi connectivity index (χ1n) is 10.7. The highest BCUT2D eigenvalue weighted by atomic mass is 127. The Hall–Kier alpha value is -1.26. The second kappa shape index (κ2) is 16.4. The van der Waals surface area contributed by atoms with Gasteiger partial charge in [0.15, 0.2) is 17.5 Å². The van der Waals surface area contributed by atoms with Crippen molar-refractivity contribution in [1.29, 1.82) is 0 Å². The van der Waals surface area contributed by atoms with Crippen LogP contribution in [0.5, 0.6) is 11.5 Å². The van der Waals surface area contributed by atoms with Crippen LogP contribution in [0.2, 0.25) is 0 Å². The lowest BCUT2D eigenvalue weighted by Crippen LogP contribution is -2.38. The zero-order chi connectivity index (χ0) is 20.7. The predicted octanol–water partition coefficient (Wildman–Crippen LogP) is 3.74. The number of guanidine groups is 1. The topological polar surface area (TPSA) is 73.3 Å². The van der Waals surface area contributed by atoms with Gasteiger partial charge in [-0.05, 0) is 45.1 Å². The summed E-state index contributed by atoms with van der Waals surface area (Å²) in [6.45, 7) is 6.14. The summed E-state index contributed by atoms with van der Waals surface area (Å²) in [5, 5.41) is 6.65. The van der Waals surface area contributed by atoms with Crippen LogP contribution in [0.4, 0.5) is 0 Å². The van der Waals surface area contributed by atoms with E-state index in [4.69, 9.17) is 23.9 Å². The lowest BCUT2D eigenvalue weighted by atomic mass is 10.1. The molecule has 0 unspecified atom stereocenters.